The maximum absolute atomic E-state index is 11.4. The van der Waals surface area contributed by atoms with Crippen LogP contribution < -0.4 is 0 Å². The lowest BCUT2D eigenvalue weighted by Gasteiger charge is -2.25. The van der Waals surface area contributed by atoms with E-state index in [2.05, 4.69) is 28.1 Å². The van der Waals surface area contributed by atoms with Crippen molar-refractivity contribution in [2.45, 2.75) is 19.4 Å². The van der Waals surface area contributed by atoms with Gasteiger partial charge in [0.05, 0.1) is 17.8 Å². The van der Waals surface area contributed by atoms with Crippen LogP contribution in [0.4, 0.5) is 0 Å². The Kier molecular flexibility index (Phi) is 3.07. The van der Waals surface area contributed by atoms with Crippen molar-refractivity contribution in [3.05, 3.63) is 42.1 Å². The van der Waals surface area contributed by atoms with E-state index in [0.717, 1.165) is 42.5 Å². The zero-order valence-electron chi connectivity index (χ0n) is 10.3. The van der Waals surface area contributed by atoms with Gasteiger partial charge >= 0.3 is 0 Å². The molecule has 0 unspecified atom stereocenters. The maximum atomic E-state index is 11.4. The average Bonchev–Trinajstić information content (AvgIpc) is 2.39. The van der Waals surface area contributed by atoms with Crippen molar-refractivity contribution in [1.29, 1.82) is 0 Å². The van der Waals surface area contributed by atoms with E-state index < -0.39 is 0 Å². The molecular formula is C15H16N2O. The van der Waals surface area contributed by atoms with E-state index in [4.69, 9.17) is 0 Å². The highest BCUT2D eigenvalue weighted by molar-refractivity contribution is 5.81. The topological polar surface area (TPSA) is 33.2 Å². The highest BCUT2D eigenvalue weighted by Crippen LogP contribution is 2.14. The van der Waals surface area contributed by atoms with Gasteiger partial charge in [0.15, 0.2) is 0 Å². The number of hydrogen-bond acceptors (Lipinski definition) is 3. The van der Waals surface area contributed by atoms with Gasteiger partial charge < -0.3 is 0 Å². The number of carbonyl (C=O) groups excluding carboxylic acids is 1. The lowest BCUT2D eigenvalue weighted by Crippen LogP contribution is -2.35. The quantitative estimate of drug-likeness (QED) is 0.808. The third kappa shape index (κ3) is 2.41. The largest absolute Gasteiger partial charge is 0.298 e. The summed E-state index contributed by atoms with van der Waals surface area (Å²) in [5.74, 6) is 0.349. The molecule has 1 aromatic carbocycles. The van der Waals surface area contributed by atoms with Crippen LogP contribution in [0.15, 0.2) is 36.4 Å². The van der Waals surface area contributed by atoms with Gasteiger partial charge in [-0.25, -0.2) is 0 Å². The Bertz CT molecular complexity index is 579. The van der Waals surface area contributed by atoms with Crippen molar-refractivity contribution >= 4 is 16.7 Å². The summed E-state index contributed by atoms with van der Waals surface area (Å²) in [6.45, 7) is 2.35. The molecule has 2 aromatic rings. The number of ketones is 1. The number of pyridine rings is 1. The second-order valence-corrected chi connectivity index (χ2v) is 4.85. The summed E-state index contributed by atoms with van der Waals surface area (Å²) in [6.07, 6.45) is 1.72. The number of piperidine rings is 1. The summed E-state index contributed by atoms with van der Waals surface area (Å²) in [5.41, 5.74) is 2.07. The molecule has 1 aliphatic rings. The Morgan fingerprint density at radius 3 is 2.94 bits per heavy atom. The molecule has 0 amide bonds. The Balaban J connectivity index is 1.79. The summed E-state index contributed by atoms with van der Waals surface area (Å²) in [5, 5.41) is 1.16. The molecule has 1 aliphatic heterocycles. The third-order valence-electron chi connectivity index (χ3n) is 3.37. The lowest BCUT2D eigenvalue weighted by molar-refractivity contribution is -0.122. The summed E-state index contributed by atoms with van der Waals surface area (Å²) >= 11 is 0. The van der Waals surface area contributed by atoms with Crippen LogP contribution in [0.2, 0.25) is 0 Å². The van der Waals surface area contributed by atoms with Crippen molar-refractivity contribution in [3.63, 3.8) is 0 Å². The van der Waals surface area contributed by atoms with Crippen molar-refractivity contribution in [3.8, 4) is 0 Å². The number of Topliss-reactive ketones (excluding diaryl/α,β-unsaturated/α-hetero) is 1. The highest BCUT2D eigenvalue weighted by atomic mass is 16.1. The molecule has 0 aliphatic carbocycles. The van der Waals surface area contributed by atoms with Crippen molar-refractivity contribution in [2.75, 3.05) is 13.1 Å². The van der Waals surface area contributed by atoms with Crippen LogP contribution >= 0.6 is 0 Å². The molecule has 0 atom stereocenters. The fourth-order valence-electron chi connectivity index (χ4n) is 2.47. The van der Waals surface area contributed by atoms with Crippen LogP contribution in [0.1, 0.15) is 18.5 Å². The Morgan fingerprint density at radius 1 is 1.17 bits per heavy atom. The van der Waals surface area contributed by atoms with Gasteiger partial charge in [-0.2, -0.15) is 0 Å². The molecule has 3 rings (SSSR count). The molecule has 18 heavy (non-hydrogen) atoms. The number of nitrogens with zero attached hydrogens (tertiary/aromatic N) is 2. The van der Waals surface area contributed by atoms with Crippen molar-refractivity contribution in [2.24, 2.45) is 0 Å². The van der Waals surface area contributed by atoms with E-state index in [-0.39, 0.29) is 0 Å². The molecule has 0 saturated carbocycles. The Labute approximate surface area is 106 Å². The number of fused-ring (bicyclic) bond motifs is 1. The number of carbonyl (C=O) groups is 1. The van der Waals surface area contributed by atoms with Gasteiger partial charge in [0.2, 0.25) is 0 Å². The van der Waals surface area contributed by atoms with Crippen LogP contribution in [-0.2, 0) is 11.3 Å². The minimum absolute atomic E-state index is 0.349. The minimum atomic E-state index is 0.349. The molecule has 1 fully saturated rings. The summed E-state index contributed by atoms with van der Waals surface area (Å²) in [4.78, 5) is 18.2. The summed E-state index contributed by atoms with van der Waals surface area (Å²) in [7, 11) is 0. The first kappa shape index (κ1) is 11.4. The van der Waals surface area contributed by atoms with E-state index in [1.165, 1.54) is 0 Å². The summed E-state index contributed by atoms with van der Waals surface area (Å²) in [6, 6.07) is 12.3. The SMILES string of the molecule is O=C1CCCN(Cc2ccc3ccccc3n2)C1. The predicted molar refractivity (Wildman–Crippen MR) is 71.3 cm³/mol. The van der Waals surface area contributed by atoms with Gasteiger partial charge in [-0.1, -0.05) is 24.3 Å². The lowest BCUT2D eigenvalue weighted by atomic mass is 10.1. The van der Waals surface area contributed by atoms with Crippen LogP contribution in [0.5, 0.6) is 0 Å². The van der Waals surface area contributed by atoms with E-state index in [1.54, 1.807) is 0 Å². The number of aromatic nitrogens is 1. The number of para-hydroxylation sites is 1. The first-order valence-electron chi connectivity index (χ1n) is 6.40. The maximum Gasteiger partial charge on any atom is 0.146 e. The molecule has 92 valence electrons. The Morgan fingerprint density at radius 2 is 2.06 bits per heavy atom. The zero-order valence-corrected chi connectivity index (χ0v) is 10.3. The van der Waals surface area contributed by atoms with Gasteiger partial charge in [-0.15, -0.1) is 0 Å². The van der Waals surface area contributed by atoms with E-state index >= 15 is 0 Å². The molecule has 0 spiro atoms. The van der Waals surface area contributed by atoms with Crippen molar-refractivity contribution in [1.82, 2.24) is 9.88 Å². The molecule has 2 heterocycles. The van der Waals surface area contributed by atoms with Gasteiger partial charge in [0, 0.05) is 18.4 Å². The fourth-order valence-corrected chi connectivity index (χ4v) is 2.47. The van der Waals surface area contributed by atoms with Gasteiger partial charge in [0.1, 0.15) is 5.78 Å². The molecule has 0 radical (unpaired) electrons. The molecular weight excluding hydrogens is 224 g/mol. The zero-order chi connectivity index (χ0) is 12.4. The Hall–Kier alpha value is -1.74. The van der Waals surface area contributed by atoms with Crippen LogP contribution in [0, 0.1) is 0 Å². The number of rotatable bonds is 2. The second kappa shape index (κ2) is 4.86. The normalized spacial score (nSPS) is 17.2. The van der Waals surface area contributed by atoms with Crippen LogP contribution in [-0.4, -0.2) is 28.8 Å². The average molecular weight is 240 g/mol. The second-order valence-electron chi connectivity index (χ2n) is 4.85. The smallest absolute Gasteiger partial charge is 0.146 e. The summed E-state index contributed by atoms with van der Waals surface area (Å²) < 4.78 is 0. The number of benzene rings is 1. The molecule has 0 N–H and O–H groups in total. The highest BCUT2D eigenvalue weighted by Gasteiger charge is 2.17. The first-order chi connectivity index (χ1) is 8.81. The first-order valence-corrected chi connectivity index (χ1v) is 6.40. The van der Waals surface area contributed by atoms with E-state index in [0.29, 0.717) is 12.3 Å². The molecule has 0 bridgehead atoms. The van der Waals surface area contributed by atoms with Crippen LogP contribution in [0.25, 0.3) is 10.9 Å². The number of hydrogen-bond donors (Lipinski definition) is 0. The molecule has 3 heteroatoms. The van der Waals surface area contributed by atoms with Gasteiger partial charge in [-0.05, 0) is 25.1 Å². The standard InChI is InChI=1S/C15H16N2O/c18-14-5-3-9-17(11-14)10-13-8-7-12-4-1-2-6-15(12)16-13/h1-2,4,6-8H,3,5,9-11H2. The predicted octanol–water partition coefficient (Wildman–Crippen LogP) is 2.40. The molecule has 1 saturated heterocycles. The van der Waals surface area contributed by atoms with Gasteiger partial charge in [-0.3, -0.25) is 14.7 Å². The molecule has 1 aromatic heterocycles. The fraction of sp³-hybridized carbons (Fsp3) is 0.333. The number of likely N-dealkylation sites (tertiary alicyclic amines) is 1. The van der Waals surface area contributed by atoms with Crippen molar-refractivity contribution < 1.29 is 4.79 Å². The van der Waals surface area contributed by atoms with E-state index in [9.17, 15) is 4.79 Å². The minimum Gasteiger partial charge on any atom is -0.298 e. The molecule has 3 nitrogen and oxygen atoms in total. The third-order valence-corrected chi connectivity index (χ3v) is 3.37. The van der Waals surface area contributed by atoms with E-state index in [1.807, 2.05) is 18.2 Å². The van der Waals surface area contributed by atoms with Gasteiger partial charge in [0.25, 0.3) is 0 Å². The monoisotopic (exact) mass is 240 g/mol. The van der Waals surface area contributed by atoms with Crippen LogP contribution in [0.3, 0.4) is 0 Å².